The van der Waals surface area contributed by atoms with E-state index in [-0.39, 0.29) is 17.8 Å². The van der Waals surface area contributed by atoms with E-state index in [9.17, 15) is 4.79 Å². The Bertz CT molecular complexity index is 1350. The first-order valence-corrected chi connectivity index (χ1v) is 9.96. The highest BCUT2D eigenvalue weighted by Crippen LogP contribution is 2.21. The van der Waals surface area contributed by atoms with Gasteiger partial charge in [-0.3, -0.25) is 4.79 Å². The zero-order valence-electron chi connectivity index (χ0n) is 17.0. The summed E-state index contributed by atoms with van der Waals surface area (Å²) in [6.07, 6.45) is 7.19. The molecule has 0 aliphatic heterocycles. The normalized spacial score (nSPS) is 11.0. The Morgan fingerprint density at radius 3 is 2.84 bits per heavy atom. The van der Waals surface area contributed by atoms with Crippen LogP contribution >= 0.6 is 0 Å². The van der Waals surface area contributed by atoms with Crippen LogP contribution in [0.25, 0.3) is 10.9 Å². The summed E-state index contributed by atoms with van der Waals surface area (Å²) in [6, 6.07) is 14.7. The first-order chi connectivity index (χ1) is 15.7. The number of hydrogen-bond acceptors (Lipinski definition) is 7. The average molecular weight is 428 g/mol. The maximum Gasteiger partial charge on any atom is 0.281 e. The molecule has 10 nitrogen and oxygen atoms in total. The number of carbonyl (C=O) groups is 1. The van der Waals surface area contributed by atoms with Crippen molar-refractivity contribution in [1.29, 1.82) is 0 Å². The van der Waals surface area contributed by atoms with Crippen LogP contribution in [0.2, 0.25) is 0 Å². The highest BCUT2D eigenvalue weighted by molar-refractivity contribution is 6.00. The minimum atomic E-state index is -0.340. The predicted molar refractivity (Wildman–Crippen MR) is 120 cm³/mol. The standard InChI is InChI=1S/C22H20N8O2/c23-21-27-22(30(28-21)20(31)16-2-1-15-7-8-25-19(15)13-16)26-17-3-5-18(6-4-17)32-12-11-29-10-9-24-14-29/h1-10,13-14,25H,11-12H2,(H3,23,26,27,28). The molecule has 0 atom stereocenters. The number of rotatable bonds is 7. The zero-order chi connectivity index (χ0) is 21.9. The van der Waals surface area contributed by atoms with Crippen molar-refractivity contribution in [3.8, 4) is 5.75 Å². The number of aromatic nitrogens is 6. The maximum atomic E-state index is 13.0. The molecule has 0 radical (unpaired) electrons. The summed E-state index contributed by atoms with van der Waals surface area (Å²) in [5.74, 6) is 0.619. The molecule has 10 heteroatoms. The maximum absolute atomic E-state index is 13.0. The van der Waals surface area contributed by atoms with Crippen molar-refractivity contribution in [2.24, 2.45) is 0 Å². The Morgan fingerprint density at radius 2 is 2.03 bits per heavy atom. The van der Waals surface area contributed by atoms with Crippen LogP contribution < -0.4 is 15.8 Å². The van der Waals surface area contributed by atoms with Crippen LogP contribution in [-0.4, -0.2) is 41.8 Å². The quantitative estimate of drug-likeness (QED) is 0.363. The molecule has 0 saturated heterocycles. The second-order valence-electron chi connectivity index (χ2n) is 7.09. The molecule has 5 aromatic rings. The van der Waals surface area contributed by atoms with Gasteiger partial charge in [-0.25, -0.2) is 4.98 Å². The fourth-order valence-corrected chi connectivity index (χ4v) is 3.31. The largest absolute Gasteiger partial charge is 0.492 e. The van der Waals surface area contributed by atoms with Crippen LogP contribution in [0.1, 0.15) is 10.4 Å². The van der Waals surface area contributed by atoms with Gasteiger partial charge in [0, 0.05) is 35.4 Å². The van der Waals surface area contributed by atoms with Crippen LogP contribution in [0.15, 0.2) is 73.4 Å². The Hall–Kier alpha value is -4.60. The molecule has 0 aliphatic rings. The van der Waals surface area contributed by atoms with Crippen molar-refractivity contribution in [2.75, 3.05) is 17.7 Å². The van der Waals surface area contributed by atoms with E-state index in [1.54, 1.807) is 24.7 Å². The van der Waals surface area contributed by atoms with E-state index < -0.39 is 0 Å². The zero-order valence-corrected chi connectivity index (χ0v) is 17.0. The number of anilines is 3. The number of nitrogens with zero attached hydrogens (tertiary/aromatic N) is 5. The van der Waals surface area contributed by atoms with Gasteiger partial charge in [0.15, 0.2) is 0 Å². The molecule has 0 saturated carbocycles. The van der Waals surface area contributed by atoms with Crippen molar-refractivity contribution in [3.05, 3.63) is 79.0 Å². The van der Waals surface area contributed by atoms with Gasteiger partial charge in [0.05, 0.1) is 12.9 Å². The van der Waals surface area contributed by atoms with Gasteiger partial charge in [-0.1, -0.05) is 6.07 Å². The number of hydrogen-bond donors (Lipinski definition) is 3. The van der Waals surface area contributed by atoms with E-state index in [1.165, 1.54) is 0 Å². The third-order valence-electron chi connectivity index (χ3n) is 4.91. The number of ether oxygens (including phenoxy) is 1. The third kappa shape index (κ3) is 4.01. The lowest BCUT2D eigenvalue weighted by molar-refractivity contribution is 0.0948. The lowest BCUT2D eigenvalue weighted by Crippen LogP contribution is -2.16. The van der Waals surface area contributed by atoms with Crippen molar-refractivity contribution < 1.29 is 9.53 Å². The van der Waals surface area contributed by atoms with Crippen LogP contribution in [0, 0.1) is 0 Å². The van der Waals surface area contributed by atoms with Gasteiger partial charge in [0.25, 0.3) is 5.91 Å². The van der Waals surface area contributed by atoms with Crippen molar-refractivity contribution in [2.45, 2.75) is 6.54 Å². The number of H-pyrrole nitrogens is 1. The SMILES string of the molecule is Nc1nc(Nc2ccc(OCCn3ccnc3)cc2)n(C(=O)c2ccc3cc[nH]c3c2)n1. The summed E-state index contributed by atoms with van der Waals surface area (Å²) in [5.41, 5.74) is 7.82. The second kappa shape index (κ2) is 8.26. The molecule has 5 rings (SSSR count). The molecule has 0 amide bonds. The Balaban J connectivity index is 1.28. The monoisotopic (exact) mass is 428 g/mol. The van der Waals surface area contributed by atoms with Gasteiger partial charge in [-0.15, -0.1) is 5.10 Å². The highest BCUT2D eigenvalue weighted by atomic mass is 16.5. The van der Waals surface area contributed by atoms with Crippen LogP contribution in [0.3, 0.4) is 0 Å². The molecule has 0 bridgehead atoms. The minimum absolute atomic E-state index is 0.00116. The number of nitrogens with one attached hydrogen (secondary N) is 2. The molecular formula is C22H20N8O2. The molecule has 0 unspecified atom stereocenters. The minimum Gasteiger partial charge on any atom is -0.492 e. The van der Waals surface area contributed by atoms with Gasteiger partial charge in [-0.2, -0.15) is 9.67 Å². The lowest BCUT2D eigenvalue weighted by atomic mass is 10.1. The molecule has 3 aromatic heterocycles. The van der Waals surface area contributed by atoms with Crippen LogP contribution in [0.5, 0.6) is 5.75 Å². The number of imidazole rings is 1. The summed E-state index contributed by atoms with van der Waals surface area (Å²) in [5, 5.41) is 8.18. The Morgan fingerprint density at radius 1 is 1.16 bits per heavy atom. The highest BCUT2D eigenvalue weighted by Gasteiger charge is 2.18. The van der Waals surface area contributed by atoms with Gasteiger partial charge in [0.2, 0.25) is 11.9 Å². The average Bonchev–Trinajstić information content (AvgIpc) is 3.55. The van der Waals surface area contributed by atoms with Gasteiger partial charge >= 0.3 is 0 Å². The lowest BCUT2D eigenvalue weighted by Gasteiger charge is -2.09. The summed E-state index contributed by atoms with van der Waals surface area (Å²) in [6.45, 7) is 1.23. The molecule has 2 aromatic carbocycles. The Kier molecular flexibility index (Phi) is 5.00. The third-order valence-corrected chi connectivity index (χ3v) is 4.91. The number of fused-ring (bicyclic) bond motifs is 1. The molecule has 0 fully saturated rings. The summed E-state index contributed by atoms with van der Waals surface area (Å²) < 4.78 is 8.85. The fourth-order valence-electron chi connectivity index (χ4n) is 3.31. The molecule has 32 heavy (non-hydrogen) atoms. The van der Waals surface area contributed by atoms with E-state index in [2.05, 4.69) is 25.4 Å². The van der Waals surface area contributed by atoms with E-state index in [0.717, 1.165) is 21.3 Å². The molecule has 4 N–H and O–H groups in total. The number of nitrogen functional groups attached to an aromatic ring is 1. The van der Waals surface area contributed by atoms with Crippen molar-refractivity contribution >= 4 is 34.4 Å². The smallest absolute Gasteiger partial charge is 0.281 e. The summed E-state index contributed by atoms with van der Waals surface area (Å²) in [7, 11) is 0. The number of carbonyl (C=O) groups excluding carboxylic acids is 1. The van der Waals surface area contributed by atoms with Crippen LogP contribution in [0.4, 0.5) is 17.6 Å². The van der Waals surface area contributed by atoms with E-state index in [1.807, 2.05) is 53.4 Å². The van der Waals surface area contributed by atoms with Crippen molar-refractivity contribution in [3.63, 3.8) is 0 Å². The van der Waals surface area contributed by atoms with E-state index in [4.69, 9.17) is 10.5 Å². The van der Waals surface area contributed by atoms with Gasteiger partial charge in [-0.05, 0) is 47.9 Å². The first kappa shape index (κ1) is 19.4. The summed E-state index contributed by atoms with van der Waals surface area (Å²) >= 11 is 0. The second-order valence-corrected chi connectivity index (χ2v) is 7.09. The molecule has 160 valence electrons. The molecule has 0 spiro atoms. The Labute approximate surface area is 182 Å². The number of benzene rings is 2. The van der Waals surface area contributed by atoms with Gasteiger partial charge < -0.3 is 25.3 Å². The molecule has 0 aliphatic carbocycles. The van der Waals surface area contributed by atoms with E-state index in [0.29, 0.717) is 24.4 Å². The fraction of sp³-hybridized carbons (Fsp3) is 0.0909. The molecular weight excluding hydrogens is 408 g/mol. The van der Waals surface area contributed by atoms with Crippen molar-refractivity contribution in [1.82, 2.24) is 29.3 Å². The van der Waals surface area contributed by atoms with E-state index >= 15 is 0 Å². The topological polar surface area (TPSA) is 129 Å². The number of nitrogens with two attached hydrogens (primary N) is 1. The molecule has 3 heterocycles. The van der Waals surface area contributed by atoms with Crippen LogP contribution in [-0.2, 0) is 6.54 Å². The first-order valence-electron chi connectivity index (χ1n) is 9.96. The number of aromatic amines is 1. The predicted octanol–water partition coefficient (Wildman–Crippen LogP) is 3.05. The van der Waals surface area contributed by atoms with Gasteiger partial charge in [0.1, 0.15) is 12.4 Å². The summed E-state index contributed by atoms with van der Waals surface area (Å²) in [4.78, 5) is 24.3.